The number of hydrogen-bond acceptors (Lipinski definition) is 5. The molecule has 2 rings (SSSR count). The number of methoxy groups -OCH3 is 2. The van der Waals surface area contributed by atoms with E-state index in [1.807, 2.05) is 0 Å². The van der Waals surface area contributed by atoms with E-state index >= 15 is 0 Å². The van der Waals surface area contributed by atoms with Gasteiger partial charge in [0.1, 0.15) is 0 Å². The third kappa shape index (κ3) is 1.57. The highest BCUT2D eigenvalue weighted by atomic mass is 16.5. The Morgan fingerprint density at radius 1 is 1.41 bits per heavy atom. The second kappa shape index (κ2) is 4.31. The van der Waals surface area contributed by atoms with Crippen LogP contribution in [0.5, 0.6) is 0 Å². The number of rotatable bonds is 2. The van der Waals surface area contributed by atoms with Gasteiger partial charge in [-0.2, -0.15) is 0 Å². The second-order valence-corrected chi connectivity index (χ2v) is 4.19. The van der Waals surface area contributed by atoms with Crippen molar-refractivity contribution in [3.63, 3.8) is 0 Å². The molecular formula is C12H15NO4. The van der Waals surface area contributed by atoms with E-state index in [9.17, 15) is 9.59 Å². The lowest BCUT2D eigenvalue weighted by molar-refractivity contribution is -0.150. The van der Waals surface area contributed by atoms with Crippen LogP contribution in [0.4, 0.5) is 0 Å². The van der Waals surface area contributed by atoms with Gasteiger partial charge in [0.15, 0.2) is 5.54 Å². The minimum Gasteiger partial charge on any atom is -0.467 e. The molecule has 5 heteroatoms. The van der Waals surface area contributed by atoms with Crippen LogP contribution in [0.15, 0.2) is 16.6 Å². The first kappa shape index (κ1) is 11.8. The fourth-order valence-corrected chi connectivity index (χ4v) is 2.63. The highest BCUT2D eigenvalue weighted by Crippen LogP contribution is 2.44. The number of allylic oxidation sites excluding steroid dienone is 1. The van der Waals surface area contributed by atoms with Crippen molar-refractivity contribution in [3.05, 3.63) is 11.6 Å². The van der Waals surface area contributed by atoms with Crippen molar-refractivity contribution in [1.82, 2.24) is 0 Å². The number of ether oxygens (including phenoxy) is 2. The van der Waals surface area contributed by atoms with Gasteiger partial charge in [-0.1, -0.05) is 6.08 Å². The van der Waals surface area contributed by atoms with Gasteiger partial charge < -0.3 is 9.47 Å². The first-order valence-electron chi connectivity index (χ1n) is 5.58. The first-order chi connectivity index (χ1) is 8.16. The zero-order valence-corrected chi connectivity index (χ0v) is 9.93. The molecule has 0 saturated heterocycles. The lowest BCUT2D eigenvalue weighted by Crippen LogP contribution is -2.48. The molecule has 0 aromatic carbocycles. The van der Waals surface area contributed by atoms with Gasteiger partial charge in [-0.05, 0) is 19.3 Å². The van der Waals surface area contributed by atoms with E-state index in [1.54, 1.807) is 12.3 Å². The summed E-state index contributed by atoms with van der Waals surface area (Å²) in [5.41, 5.74) is -0.850. The minimum atomic E-state index is -1.17. The minimum absolute atomic E-state index is 0.00838. The van der Waals surface area contributed by atoms with Crippen LogP contribution in [0.1, 0.15) is 19.3 Å². The van der Waals surface area contributed by atoms with Gasteiger partial charge >= 0.3 is 11.9 Å². The van der Waals surface area contributed by atoms with E-state index in [4.69, 9.17) is 9.47 Å². The molecule has 0 unspecified atom stereocenters. The summed E-state index contributed by atoms with van der Waals surface area (Å²) >= 11 is 0. The fourth-order valence-electron chi connectivity index (χ4n) is 2.63. The van der Waals surface area contributed by atoms with Gasteiger partial charge in [0, 0.05) is 12.1 Å². The van der Waals surface area contributed by atoms with Gasteiger partial charge in [0.2, 0.25) is 0 Å². The Morgan fingerprint density at radius 2 is 2.18 bits per heavy atom. The molecule has 0 aromatic heterocycles. The molecule has 0 saturated carbocycles. The van der Waals surface area contributed by atoms with Crippen molar-refractivity contribution in [1.29, 1.82) is 0 Å². The molecule has 0 radical (unpaired) electrons. The molecule has 1 aliphatic heterocycles. The third-order valence-electron chi connectivity index (χ3n) is 3.45. The molecule has 0 amide bonds. The molecule has 0 bridgehead atoms. The summed E-state index contributed by atoms with van der Waals surface area (Å²) in [7, 11) is 2.61. The average Bonchev–Trinajstić information content (AvgIpc) is 2.81. The van der Waals surface area contributed by atoms with Crippen molar-refractivity contribution in [2.24, 2.45) is 10.9 Å². The Kier molecular flexibility index (Phi) is 3.00. The fraction of sp³-hybridized carbons (Fsp3) is 0.583. The Hall–Kier alpha value is -1.65. The van der Waals surface area contributed by atoms with E-state index < -0.39 is 17.5 Å². The zero-order chi connectivity index (χ0) is 12.5. The number of hydrogen-bond donors (Lipinski definition) is 0. The molecular weight excluding hydrogens is 222 g/mol. The Balaban J connectivity index is 2.49. The summed E-state index contributed by atoms with van der Waals surface area (Å²) in [6.45, 7) is 0. The Bertz CT molecular complexity index is 413. The molecule has 0 aromatic rings. The van der Waals surface area contributed by atoms with Crippen LogP contribution >= 0.6 is 0 Å². The molecule has 5 nitrogen and oxygen atoms in total. The first-order valence-corrected chi connectivity index (χ1v) is 5.58. The molecule has 17 heavy (non-hydrogen) atoms. The van der Waals surface area contributed by atoms with Crippen LogP contribution in [-0.2, 0) is 19.1 Å². The van der Waals surface area contributed by atoms with Gasteiger partial charge in [0.05, 0.1) is 19.8 Å². The highest BCUT2D eigenvalue weighted by molar-refractivity contribution is 6.03. The Morgan fingerprint density at radius 3 is 2.82 bits per heavy atom. The topological polar surface area (TPSA) is 65.0 Å². The number of esters is 2. The van der Waals surface area contributed by atoms with Crippen molar-refractivity contribution >= 4 is 18.2 Å². The summed E-state index contributed by atoms with van der Waals surface area (Å²) < 4.78 is 9.55. The van der Waals surface area contributed by atoms with Crippen molar-refractivity contribution < 1.29 is 19.1 Å². The second-order valence-electron chi connectivity index (χ2n) is 4.19. The largest absolute Gasteiger partial charge is 0.467 e. The molecule has 0 fully saturated rings. The molecule has 0 spiro atoms. The van der Waals surface area contributed by atoms with Gasteiger partial charge in [-0.25, -0.2) is 9.59 Å². The maximum atomic E-state index is 12.0. The summed E-state index contributed by atoms with van der Waals surface area (Å²) in [5.74, 6) is -0.971. The summed E-state index contributed by atoms with van der Waals surface area (Å²) in [5, 5.41) is 0. The predicted octanol–water partition coefficient (Wildman–Crippen LogP) is 0.882. The van der Waals surface area contributed by atoms with Crippen molar-refractivity contribution in [3.8, 4) is 0 Å². The van der Waals surface area contributed by atoms with Crippen LogP contribution in [0.3, 0.4) is 0 Å². The maximum absolute atomic E-state index is 12.0. The van der Waals surface area contributed by atoms with E-state index in [0.29, 0.717) is 12.0 Å². The quantitative estimate of drug-likeness (QED) is 0.669. The van der Waals surface area contributed by atoms with Gasteiger partial charge in [-0.3, -0.25) is 4.99 Å². The monoisotopic (exact) mass is 237 g/mol. The molecule has 92 valence electrons. The number of aliphatic imine (C=N–C) groups is 1. The van der Waals surface area contributed by atoms with E-state index in [-0.39, 0.29) is 5.92 Å². The number of carbonyl (C=O) groups is 2. The van der Waals surface area contributed by atoms with Crippen LogP contribution < -0.4 is 0 Å². The lowest BCUT2D eigenvalue weighted by Gasteiger charge is -2.34. The van der Waals surface area contributed by atoms with Crippen LogP contribution in [0.2, 0.25) is 0 Å². The van der Waals surface area contributed by atoms with Crippen molar-refractivity contribution in [2.45, 2.75) is 24.8 Å². The lowest BCUT2D eigenvalue weighted by atomic mass is 9.72. The number of nitrogens with zero attached hydrogens (tertiary/aromatic N) is 1. The van der Waals surface area contributed by atoms with Gasteiger partial charge in [-0.15, -0.1) is 0 Å². The summed E-state index contributed by atoms with van der Waals surface area (Å²) in [6.07, 6.45) is 5.72. The molecule has 0 N–H and O–H groups in total. The standard InChI is InChI=1S/C12H15NO4/c1-16-10(14)9-5-3-4-8-6-7-13-12(8,9)11(15)17-2/h5,7-8H,3-4,6H2,1-2H3/t8-,12+/m0/s1. The molecule has 1 aliphatic carbocycles. The molecule has 2 atom stereocenters. The van der Waals surface area contributed by atoms with E-state index in [0.717, 1.165) is 12.8 Å². The SMILES string of the molecule is COC(=O)C1=CCC[C@H]2CC=N[C@@]12C(=O)OC. The highest BCUT2D eigenvalue weighted by Gasteiger charge is 2.55. The van der Waals surface area contributed by atoms with Crippen LogP contribution in [-0.4, -0.2) is 37.9 Å². The van der Waals surface area contributed by atoms with E-state index in [2.05, 4.69) is 4.99 Å². The third-order valence-corrected chi connectivity index (χ3v) is 3.45. The molecule has 1 heterocycles. The zero-order valence-electron chi connectivity index (χ0n) is 9.93. The van der Waals surface area contributed by atoms with Crippen LogP contribution in [0, 0.1) is 5.92 Å². The van der Waals surface area contributed by atoms with Gasteiger partial charge in [0.25, 0.3) is 0 Å². The number of carbonyl (C=O) groups excluding carboxylic acids is 2. The smallest absolute Gasteiger partial charge is 0.338 e. The van der Waals surface area contributed by atoms with E-state index in [1.165, 1.54) is 14.2 Å². The predicted molar refractivity (Wildman–Crippen MR) is 60.7 cm³/mol. The van der Waals surface area contributed by atoms with Crippen LogP contribution in [0.25, 0.3) is 0 Å². The summed E-state index contributed by atoms with van der Waals surface area (Å²) in [6, 6.07) is 0. The average molecular weight is 237 g/mol. The maximum Gasteiger partial charge on any atom is 0.338 e. The summed E-state index contributed by atoms with van der Waals surface area (Å²) in [4.78, 5) is 28.0. The molecule has 2 aliphatic rings. The number of fused-ring (bicyclic) bond motifs is 1. The normalized spacial score (nSPS) is 30.5. The van der Waals surface area contributed by atoms with Crippen molar-refractivity contribution in [2.75, 3.05) is 14.2 Å². The Labute approximate surface area is 99.5 Å².